The summed E-state index contributed by atoms with van der Waals surface area (Å²) in [6.07, 6.45) is 7.94. The molecule has 2 aromatic rings. The molecule has 4 nitrogen and oxygen atoms in total. The van der Waals surface area contributed by atoms with Crippen molar-refractivity contribution in [3.63, 3.8) is 0 Å². The molecule has 3 rings (SSSR count). The van der Waals surface area contributed by atoms with Crippen LogP contribution in [0, 0.1) is 25.6 Å². The van der Waals surface area contributed by atoms with E-state index >= 15 is 0 Å². The number of benzene rings is 1. The van der Waals surface area contributed by atoms with E-state index in [9.17, 15) is 9.18 Å². The first kappa shape index (κ1) is 19.9. The molecule has 1 aliphatic rings. The summed E-state index contributed by atoms with van der Waals surface area (Å²) in [6.45, 7) is 4.24. The number of hydrogen-bond acceptors (Lipinski definition) is 2. The second-order valence-electron chi connectivity index (χ2n) is 7.53. The van der Waals surface area contributed by atoms with Gasteiger partial charge in [-0.15, -0.1) is 0 Å². The number of amides is 1. The molecule has 6 heteroatoms. The van der Waals surface area contributed by atoms with Crippen LogP contribution in [0.25, 0.3) is 0 Å². The van der Waals surface area contributed by atoms with Crippen molar-refractivity contribution in [3.05, 3.63) is 46.0 Å². The highest BCUT2D eigenvalue weighted by molar-refractivity contribution is 6.31. The minimum absolute atomic E-state index is 0.0474. The number of halogens is 2. The number of rotatable bonds is 6. The molecule has 1 N–H and O–H groups in total. The first-order valence-electron chi connectivity index (χ1n) is 9.72. The molecular formula is C21H27ClFN3O. The van der Waals surface area contributed by atoms with Gasteiger partial charge in [-0.05, 0) is 43.9 Å². The van der Waals surface area contributed by atoms with Gasteiger partial charge >= 0.3 is 0 Å². The van der Waals surface area contributed by atoms with Crippen molar-refractivity contribution in [2.75, 3.05) is 5.32 Å². The van der Waals surface area contributed by atoms with E-state index in [-0.39, 0.29) is 11.7 Å². The maximum Gasteiger partial charge on any atom is 0.224 e. The third kappa shape index (κ3) is 5.10. The zero-order chi connectivity index (χ0) is 19.4. The van der Waals surface area contributed by atoms with Gasteiger partial charge in [-0.1, -0.05) is 49.8 Å². The highest BCUT2D eigenvalue weighted by atomic mass is 35.5. The molecule has 1 aromatic heterocycles. The molecule has 27 heavy (non-hydrogen) atoms. The lowest BCUT2D eigenvalue weighted by Crippen LogP contribution is -2.15. The van der Waals surface area contributed by atoms with E-state index < -0.39 is 0 Å². The molecule has 1 amide bonds. The first-order valence-corrected chi connectivity index (χ1v) is 10.1. The van der Waals surface area contributed by atoms with Crippen molar-refractivity contribution < 1.29 is 9.18 Å². The number of carbonyl (C=O) groups excluding carboxylic acids is 1. The lowest BCUT2D eigenvalue weighted by molar-refractivity contribution is -0.116. The summed E-state index contributed by atoms with van der Waals surface area (Å²) in [5.74, 6) is 0.379. The Bertz CT molecular complexity index is 812. The van der Waals surface area contributed by atoms with E-state index in [1.165, 1.54) is 44.2 Å². The van der Waals surface area contributed by atoms with E-state index in [1.807, 2.05) is 13.8 Å². The lowest BCUT2D eigenvalue weighted by atomic mass is 9.86. The van der Waals surface area contributed by atoms with Gasteiger partial charge in [-0.2, -0.15) is 5.10 Å². The van der Waals surface area contributed by atoms with Crippen LogP contribution >= 0.6 is 11.6 Å². The average Bonchev–Trinajstić information content (AvgIpc) is 2.90. The minimum atomic E-state index is -0.358. The maximum absolute atomic E-state index is 13.2. The molecule has 146 valence electrons. The number of aromatic nitrogens is 2. The lowest BCUT2D eigenvalue weighted by Gasteiger charge is -2.21. The van der Waals surface area contributed by atoms with E-state index in [0.29, 0.717) is 23.9 Å². The highest BCUT2D eigenvalue weighted by Gasteiger charge is 2.18. The molecule has 0 saturated heterocycles. The molecule has 0 radical (unpaired) electrons. The Morgan fingerprint density at radius 2 is 2.04 bits per heavy atom. The van der Waals surface area contributed by atoms with Crippen LogP contribution in [0.4, 0.5) is 10.1 Å². The van der Waals surface area contributed by atoms with Gasteiger partial charge in [0.15, 0.2) is 0 Å². The van der Waals surface area contributed by atoms with Crippen LogP contribution in [0.5, 0.6) is 0 Å². The smallest absolute Gasteiger partial charge is 0.224 e. The fourth-order valence-electron chi connectivity index (χ4n) is 3.86. The van der Waals surface area contributed by atoms with Crippen molar-refractivity contribution in [1.82, 2.24) is 9.78 Å². The number of carbonyl (C=O) groups is 1. The Kier molecular flexibility index (Phi) is 6.53. The Morgan fingerprint density at radius 3 is 2.74 bits per heavy atom. The first-order chi connectivity index (χ1) is 12.9. The standard InChI is InChI=1S/C21H27ClFN3O/c1-14-21(24-20(27)11-8-16-6-4-3-5-7-16)15(2)26(25-14)13-17-9-10-18(23)12-19(17)22/h9-10,12,16H,3-8,11,13H2,1-2H3,(H,24,27). The second kappa shape index (κ2) is 8.87. The van der Waals surface area contributed by atoms with Crippen molar-refractivity contribution in [2.45, 2.75) is 65.3 Å². The van der Waals surface area contributed by atoms with Gasteiger partial charge in [0.2, 0.25) is 5.91 Å². The van der Waals surface area contributed by atoms with Crippen LogP contribution in [0.1, 0.15) is 61.9 Å². The van der Waals surface area contributed by atoms with Crippen LogP contribution in [-0.4, -0.2) is 15.7 Å². The molecule has 1 aromatic carbocycles. The fourth-order valence-corrected chi connectivity index (χ4v) is 4.08. The summed E-state index contributed by atoms with van der Waals surface area (Å²) in [5, 5.41) is 7.93. The van der Waals surface area contributed by atoms with Gasteiger partial charge in [-0.25, -0.2) is 4.39 Å². The van der Waals surface area contributed by atoms with Gasteiger partial charge in [-0.3, -0.25) is 9.48 Å². The fraction of sp³-hybridized carbons (Fsp3) is 0.524. The molecule has 1 aliphatic carbocycles. The third-order valence-corrected chi connectivity index (χ3v) is 5.84. The average molecular weight is 392 g/mol. The summed E-state index contributed by atoms with van der Waals surface area (Å²) in [4.78, 5) is 12.4. The van der Waals surface area contributed by atoms with Crippen molar-refractivity contribution >= 4 is 23.2 Å². The predicted octanol–water partition coefficient (Wildman–Crippen LogP) is 5.64. The number of aryl methyl sites for hydroxylation is 1. The zero-order valence-corrected chi connectivity index (χ0v) is 16.8. The van der Waals surface area contributed by atoms with Crippen LogP contribution in [0.2, 0.25) is 5.02 Å². The van der Waals surface area contributed by atoms with Crippen molar-refractivity contribution in [2.24, 2.45) is 5.92 Å². The van der Waals surface area contributed by atoms with Crippen LogP contribution in [-0.2, 0) is 11.3 Å². The Labute approximate surface area is 165 Å². The van der Waals surface area contributed by atoms with E-state index in [0.717, 1.165) is 29.1 Å². The van der Waals surface area contributed by atoms with Crippen LogP contribution in [0.15, 0.2) is 18.2 Å². The quantitative estimate of drug-likeness (QED) is 0.692. The summed E-state index contributed by atoms with van der Waals surface area (Å²) in [5.41, 5.74) is 3.20. The number of anilines is 1. The van der Waals surface area contributed by atoms with Gasteiger partial charge < -0.3 is 5.32 Å². The molecule has 0 spiro atoms. The maximum atomic E-state index is 13.2. The number of hydrogen-bond donors (Lipinski definition) is 1. The van der Waals surface area contributed by atoms with Gasteiger partial charge in [0.1, 0.15) is 5.82 Å². The molecule has 1 saturated carbocycles. The summed E-state index contributed by atoms with van der Waals surface area (Å²) < 4.78 is 15.0. The van der Waals surface area contributed by atoms with Crippen LogP contribution < -0.4 is 5.32 Å². The predicted molar refractivity (Wildman–Crippen MR) is 107 cm³/mol. The Balaban J connectivity index is 1.63. The van der Waals surface area contributed by atoms with E-state index in [4.69, 9.17) is 11.6 Å². The molecule has 0 unspecified atom stereocenters. The molecular weight excluding hydrogens is 365 g/mol. The Morgan fingerprint density at radius 1 is 1.30 bits per heavy atom. The van der Waals surface area contributed by atoms with Crippen LogP contribution in [0.3, 0.4) is 0 Å². The molecule has 1 heterocycles. The van der Waals surface area contributed by atoms with E-state index in [1.54, 1.807) is 10.7 Å². The van der Waals surface area contributed by atoms with Gasteiger partial charge in [0.25, 0.3) is 0 Å². The molecule has 0 aliphatic heterocycles. The summed E-state index contributed by atoms with van der Waals surface area (Å²) >= 11 is 6.13. The Hall–Kier alpha value is -1.88. The number of nitrogens with one attached hydrogen (secondary N) is 1. The third-order valence-electron chi connectivity index (χ3n) is 5.49. The molecule has 1 fully saturated rings. The highest BCUT2D eigenvalue weighted by Crippen LogP contribution is 2.28. The van der Waals surface area contributed by atoms with E-state index in [2.05, 4.69) is 10.4 Å². The number of nitrogens with zero attached hydrogens (tertiary/aromatic N) is 2. The monoisotopic (exact) mass is 391 g/mol. The normalized spacial score (nSPS) is 15.1. The van der Waals surface area contributed by atoms with Crippen molar-refractivity contribution in [1.29, 1.82) is 0 Å². The largest absolute Gasteiger partial charge is 0.323 e. The minimum Gasteiger partial charge on any atom is -0.323 e. The molecule has 0 atom stereocenters. The summed E-state index contributed by atoms with van der Waals surface area (Å²) in [6, 6.07) is 4.36. The summed E-state index contributed by atoms with van der Waals surface area (Å²) in [7, 11) is 0. The zero-order valence-electron chi connectivity index (χ0n) is 16.0. The topological polar surface area (TPSA) is 46.9 Å². The SMILES string of the molecule is Cc1nn(Cc2ccc(F)cc2Cl)c(C)c1NC(=O)CCC1CCCCC1. The van der Waals surface area contributed by atoms with Crippen molar-refractivity contribution in [3.8, 4) is 0 Å². The van der Waals surface area contributed by atoms with Gasteiger partial charge in [0.05, 0.1) is 23.6 Å². The van der Waals surface area contributed by atoms with Gasteiger partial charge in [0, 0.05) is 11.4 Å². The molecule has 0 bridgehead atoms. The second-order valence-corrected chi connectivity index (χ2v) is 7.94.